The smallest absolute Gasteiger partial charge is 0.379 e. The molecule has 0 radical (unpaired) electrons. The number of thiocarbonyl (C=S) groups is 1. The normalized spacial score (nSPS) is 10.5. The van der Waals surface area contributed by atoms with Crippen LogP contribution < -0.4 is 29.7 Å². The average Bonchev–Trinajstić information content (AvgIpc) is 3.35. The minimum atomic E-state index is -0.622. The van der Waals surface area contributed by atoms with Gasteiger partial charge in [-0.05, 0) is 60.2 Å². The summed E-state index contributed by atoms with van der Waals surface area (Å²) in [5.74, 6) is 1.27. The molecule has 0 saturated carbocycles. The Kier molecular flexibility index (Phi) is 7.65. The molecule has 166 valence electrons. The van der Waals surface area contributed by atoms with E-state index in [0.29, 0.717) is 28.5 Å². The van der Waals surface area contributed by atoms with E-state index in [9.17, 15) is 4.79 Å². The van der Waals surface area contributed by atoms with Crippen LogP contribution in [0.15, 0.2) is 64.3 Å². The first-order valence-electron chi connectivity index (χ1n) is 9.30. The fourth-order valence-corrected chi connectivity index (χ4v) is 2.80. The molecule has 0 bridgehead atoms. The van der Waals surface area contributed by atoms with Crippen LogP contribution in [-0.2, 0) is 0 Å². The fourth-order valence-electron chi connectivity index (χ4n) is 2.63. The highest BCUT2D eigenvalue weighted by molar-refractivity contribution is 7.80. The van der Waals surface area contributed by atoms with Crippen molar-refractivity contribution < 1.29 is 28.2 Å². The Hall–Kier alpha value is -4.05. The maximum absolute atomic E-state index is 12.1. The monoisotopic (exact) mass is 455 g/mol. The summed E-state index contributed by atoms with van der Waals surface area (Å²) in [6.07, 6.45) is 2.94. The maximum Gasteiger partial charge on any atom is 0.379 e. The number of hydrogen-bond acceptors (Lipinski definition) is 8. The molecule has 2 N–H and O–H groups in total. The van der Waals surface area contributed by atoms with E-state index in [1.54, 1.807) is 62.9 Å². The lowest BCUT2D eigenvalue weighted by molar-refractivity contribution is 0.0696. The van der Waals surface area contributed by atoms with Gasteiger partial charge in [-0.1, -0.05) is 0 Å². The van der Waals surface area contributed by atoms with Gasteiger partial charge in [0.05, 0.1) is 33.8 Å². The molecule has 3 aromatic rings. The predicted octanol–water partition coefficient (Wildman–Crippen LogP) is 3.85. The first-order chi connectivity index (χ1) is 15.5. The molecule has 3 rings (SSSR count). The highest BCUT2D eigenvalue weighted by Crippen LogP contribution is 2.30. The number of anilines is 1. The third-order valence-corrected chi connectivity index (χ3v) is 4.33. The van der Waals surface area contributed by atoms with Crippen LogP contribution in [-0.4, -0.2) is 38.6 Å². The number of nitrogens with zero attached hydrogens (tertiary/aromatic N) is 1. The van der Waals surface area contributed by atoms with Gasteiger partial charge in [0.1, 0.15) is 0 Å². The molecule has 1 aromatic heterocycles. The molecule has 0 spiro atoms. The topological polar surface area (TPSA) is 104 Å². The second-order valence-corrected chi connectivity index (χ2v) is 6.58. The molecule has 10 heteroatoms. The predicted molar refractivity (Wildman–Crippen MR) is 123 cm³/mol. The molecule has 0 amide bonds. The molecule has 32 heavy (non-hydrogen) atoms. The summed E-state index contributed by atoms with van der Waals surface area (Å²) in [5, 5.41) is 7.39. The molecule has 1 heterocycles. The highest BCUT2D eigenvalue weighted by Gasteiger charge is 2.15. The summed E-state index contributed by atoms with van der Waals surface area (Å²) >= 11 is 5.25. The van der Waals surface area contributed by atoms with Crippen molar-refractivity contribution in [2.24, 2.45) is 5.10 Å². The lowest BCUT2D eigenvalue weighted by Gasteiger charge is -2.11. The Morgan fingerprint density at radius 1 is 0.969 bits per heavy atom. The summed E-state index contributed by atoms with van der Waals surface area (Å²) in [5.41, 5.74) is 4.13. The van der Waals surface area contributed by atoms with E-state index in [0.717, 1.165) is 0 Å². The van der Waals surface area contributed by atoms with Gasteiger partial charge in [0, 0.05) is 11.8 Å². The number of benzene rings is 2. The van der Waals surface area contributed by atoms with Gasteiger partial charge in [0.25, 0.3) is 0 Å². The molecule has 0 fully saturated rings. The Morgan fingerprint density at radius 3 is 2.38 bits per heavy atom. The molecule has 0 atom stereocenters. The number of esters is 1. The SMILES string of the molecule is COc1ccc(NC(=S)NN=Cc2ccc(OC(=O)c3ccco3)c(OC)c2)cc1OC. The number of nitrogens with one attached hydrogen (secondary N) is 2. The number of hydrogen-bond donors (Lipinski definition) is 2. The van der Waals surface area contributed by atoms with Gasteiger partial charge in [-0.3, -0.25) is 5.43 Å². The van der Waals surface area contributed by atoms with E-state index in [1.807, 2.05) is 0 Å². The largest absolute Gasteiger partial charge is 0.493 e. The molecular formula is C22H21N3O6S. The zero-order valence-electron chi connectivity index (χ0n) is 17.6. The summed E-state index contributed by atoms with van der Waals surface area (Å²) in [4.78, 5) is 12.1. The van der Waals surface area contributed by atoms with Gasteiger partial charge in [0.2, 0.25) is 5.76 Å². The molecule has 0 saturated heterocycles. The van der Waals surface area contributed by atoms with E-state index in [-0.39, 0.29) is 16.6 Å². The maximum atomic E-state index is 12.1. The number of ether oxygens (including phenoxy) is 4. The number of carbonyl (C=O) groups excluding carboxylic acids is 1. The fraction of sp³-hybridized carbons (Fsp3) is 0.136. The van der Waals surface area contributed by atoms with Crippen molar-refractivity contribution in [2.45, 2.75) is 0 Å². The zero-order valence-corrected chi connectivity index (χ0v) is 18.4. The molecule has 9 nitrogen and oxygen atoms in total. The number of rotatable bonds is 8. The molecule has 2 aromatic carbocycles. The first-order valence-corrected chi connectivity index (χ1v) is 9.70. The molecule has 0 aliphatic carbocycles. The lowest BCUT2D eigenvalue weighted by atomic mass is 10.2. The van der Waals surface area contributed by atoms with Crippen LogP contribution in [0.1, 0.15) is 16.1 Å². The van der Waals surface area contributed by atoms with Crippen LogP contribution in [0.3, 0.4) is 0 Å². The Bertz CT molecular complexity index is 1110. The van der Waals surface area contributed by atoms with Crippen LogP contribution in [0.2, 0.25) is 0 Å². The van der Waals surface area contributed by atoms with E-state index in [2.05, 4.69) is 15.8 Å². The minimum absolute atomic E-state index is 0.0948. The Morgan fingerprint density at radius 2 is 1.69 bits per heavy atom. The van der Waals surface area contributed by atoms with Gasteiger partial charge >= 0.3 is 5.97 Å². The number of carbonyl (C=O) groups is 1. The summed E-state index contributed by atoms with van der Waals surface area (Å²) in [6, 6.07) is 13.4. The number of furan rings is 1. The Balaban J connectivity index is 1.60. The van der Waals surface area contributed by atoms with Gasteiger partial charge in [-0.25, -0.2) is 4.79 Å². The van der Waals surface area contributed by atoms with Crippen LogP contribution in [0.25, 0.3) is 0 Å². The van der Waals surface area contributed by atoms with E-state index in [1.165, 1.54) is 19.4 Å². The third kappa shape index (κ3) is 5.76. The van der Waals surface area contributed by atoms with E-state index in [4.69, 9.17) is 35.6 Å². The van der Waals surface area contributed by atoms with E-state index >= 15 is 0 Å². The second-order valence-electron chi connectivity index (χ2n) is 6.17. The van der Waals surface area contributed by atoms with Crippen LogP contribution in [0, 0.1) is 0 Å². The lowest BCUT2D eigenvalue weighted by Crippen LogP contribution is -2.23. The van der Waals surface area contributed by atoms with Gasteiger partial charge in [0.15, 0.2) is 28.1 Å². The molecule has 0 aliphatic rings. The third-order valence-electron chi connectivity index (χ3n) is 4.13. The van der Waals surface area contributed by atoms with Crippen molar-refractivity contribution in [1.82, 2.24) is 5.43 Å². The standard InChI is InChI=1S/C22H21N3O6S/c1-27-16-9-7-15(12-20(16)29-3)24-22(32)25-23-13-14-6-8-17(19(11-14)28-2)31-21(26)18-5-4-10-30-18/h4-13H,1-3H3,(H2,24,25,32). The van der Waals surface area contributed by atoms with Crippen molar-refractivity contribution in [2.75, 3.05) is 26.6 Å². The summed E-state index contributed by atoms with van der Waals surface area (Å²) in [7, 11) is 4.59. The Labute approximate surface area is 189 Å². The quantitative estimate of drug-likeness (QED) is 0.172. The molecule has 0 unspecified atom stereocenters. The van der Waals surface area contributed by atoms with Crippen molar-refractivity contribution in [3.8, 4) is 23.0 Å². The minimum Gasteiger partial charge on any atom is -0.493 e. The second kappa shape index (κ2) is 10.8. The van der Waals surface area contributed by atoms with Crippen molar-refractivity contribution in [3.63, 3.8) is 0 Å². The van der Waals surface area contributed by atoms with Crippen molar-refractivity contribution >= 4 is 35.2 Å². The molecular weight excluding hydrogens is 434 g/mol. The van der Waals surface area contributed by atoms with Gasteiger partial charge < -0.3 is 28.7 Å². The van der Waals surface area contributed by atoms with E-state index < -0.39 is 5.97 Å². The van der Waals surface area contributed by atoms with Crippen LogP contribution >= 0.6 is 12.2 Å². The highest BCUT2D eigenvalue weighted by atomic mass is 32.1. The molecule has 0 aliphatic heterocycles. The van der Waals surface area contributed by atoms with Crippen LogP contribution in [0.4, 0.5) is 5.69 Å². The van der Waals surface area contributed by atoms with Gasteiger partial charge in [-0.15, -0.1) is 0 Å². The summed E-state index contributed by atoms with van der Waals surface area (Å²) in [6.45, 7) is 0. The summed E-state index contributed by atoms with van der Waals surface area (Å²) < 4.78 is 26.1. The first kappa shape index (κ1) is 22.6. The van der Waals surface area contributed by atoms with Crippen molar-refractivity contribution in [3.05, 3.63) is 66.1 Å². The average molecular weight is 455 g/mol. The number of methoxy groups -OCH3 is 3. The van der Waals surface area contributed by atoms with Crippen molar-refractivity contribution in [1.29, 1.82) is 0 Å². The van der Waals surface area contributed by atoms with Gasteiger partial charge in [-0.2, -0.15) is 5.10 Å². The van der Waals surface area contributed by atoms with Crippen LogP contribution in [0.5, 0.6) is 23.0 Å². The number of hydrazone groups is 1. The zero-order chi connectivity index (χ0) is 22.9.